The van der Waals surface area contributed by atoms with Crippen molar-refractivity contribution in [3.63, 3.8) is 0 Å². The zero-order valence-electron chi connectivity index (χ0n) is 18.0. The van der Waals surface area contributed by atoms with Crippen molar-refractivity contribution in [2.75, 3.05) is 26.5 Å². The molecule has 5 rings (SSSR count). The average molecular weight is 442 g/mol. The van der Waals surface area contributed by atoms with Crippen molar-refractivity contribution in [1.29, 1.82) is 0 Å². The van der Waals surface area contributed by atoms with Crippen molar-refractivity contribution in [3.05, 3.63) is 59.2 Å². The summed E-state index contributed by atoms with van der Waals surface area (Å²) >= 11 is 0. The van der Waals surface area contributed by atoms with E-state index >= 15 is 0 Å². The maximum atomic E-state index is 12.0. The lowest BCUT2D eigenvalue weighted by Crippen LogP contribution is -2.59. The molecule has 0 N–H and O–H groups in total. The smallest absolute Gasteiger partial charge is 0.211 e. The van der Waals surface area contributed by atoms with Crippen LogP contribution in [0.15, 0.2) is 47.6 Å². The lowest BCUT2D eigenvalue weighted by molar-refractivity contribution is -0.143. The fourth-order valence-electron chi connectivity index (χ4n) is 4.86. The molecule has 31 heavy (non-hydrogen) atoms. The van der Waals surface area contributed by atoms with Gasteiger partial charge in [0.2, 0.25) is 15.7 Å². The number of methoxy groups -OCH3 is 1. The van der Waals surface area contributed by atoms with Crippen LogP contribution in [0.4, 0.5) is 0 Å². The van der Waals surface area contributed by atoms with Gasteiger partial charge in [0.1, 0.15) is 11.5 Å². The van der Waals surface area contributed by atoms with Gasteiger partial charge in [-0.1, -0.05) is 17.7 Å². The maximum absolute atomic E-state index is 12.0. The molecule has 164 valence electrons. The summed E-state index contributed by atoms with van der Waals surface area (Å²) in [6.45, 7) is 2.94. The average Bonchev–Trinajstić information content (AvgIpc) is 3.21. The molecule has 1 fully saturated rings. The van der Waals surface area contributed by atoms with E-state index in [1.807, 2.05) is 30.3 Å². The lowest BCUT2D eigenvalue weighted by Gasteiger charge is -2.50. The van der Waals surface area contributed by atoms with E-state index in [-0.39, 0.29) is 6.04 Å². The van der Waals surface area contributed by atoms with Crippen molar-refractivity contribution in [1.82, 2.24) is 9.31 Å². The molecule has 8 heteroatoms. The number of hydrogen-bond acceptors (Lipinski definition) is 6. The number of sulfonamides is 1. The van der Waals surface area contributed by atoms with Gasteiger partial charge >= 0.3 is 0 Å². The molecule has 7 nitrogen and oxygen atoms in total. The Balaban J connectivity index is 1.53. The molecule has 0 aromatic heterocycles. The molecular formula is C23H27N3O4S. The molecule has 3 aliphatic rings. The second-order valence-electron chi connectivity index (χ2n) is 8.59. The summed E-state index contributed by atoms with van der Waals surface area (Å²) in [6, 6.07) is 14.3. The number of nitrogens with zero attached hydrogens (tertiary/aromatic N) is 3. The van der Waals surface area contributed by atoms with Crippen LogP contribution >= 0.6 is 0 Å². The molecule has 0 saturated carbocycles. The first-order valence-corrected chi connectivity index (χ1v) is 12.4. The Morgan fingerprint density at radius 2 is 1.84 bits per heavy atom. The Hall–Kier alpha value is -2.58. The summed E-state index contributed by atoms with van der Waals surface area (Å²) in [5.74, 6) is 1.69. The van der Waals surface area contributed by atoms with Gasteiger partial charge < -0.3 is 9.47 Å². The summed E-state index contributed by atoms with van der Waals surface area (Å²) in [7, 11) is -1.56. The molecule has 0 bridgehead atoms. The highest BCUT2D eigenvalue weighted by atomic mass is 32.2. The van der Waals surface area contributed by atoms with Gasteiger partial charge in [-0.25, -0.2) is 17.7 Å². The van der Waals surface area contributed by atoms with Gasteiger partial charge in [0.15, 0.2) is 0 Å². The molecule has 0 unspecified atom stereocenters. The quantitative estimate of drug-likeness (QED) is 0.731. The molecule has 0 radical (unpaired) electrons. The number of rotatable bonds is 3. The number of fused-ring (bicyclic) bond motifs is 4. The van der Waals surface area contributed by atoms with Crippen LogP contribution in [0.3, 0.4) is 0 Å². The normalized spacial score (nSPS) is 22.5. The molecule has 3 heterocycles. The van der Waals surface area contributed by atoms with Crippen LogP contribution in [0.1, 0.15) is 42.0 Å². The molecule has 2 aromatic rings. The summed E-state index contributed by atoms with van der Waals surface area (Å²) < 4.78 is 37.5. The minimum Gasteiger partial charge on any atom is -0.497 e. The Morgan fingerprint density at radius 3 is 2.48 bits per heavy atom. The van der Waals surface area contributed by atoms with Crippen LogP contribution in [-0.2, 0) is 10.0 Å². The van der Waals surface area contributed by atoms with Gasteiger partial charge in [0.25, 0.3) is 0 Å². The largest absolute Gasteiger partial charge is 0.497 e. The second-order valence-corrected chi connectivity index (χ2v) is 10.6. The highest BCUT2D eigenvalue weighted by Gasteiger charge is 2.52. The van der Waals surface area contributed by atoms with Crippen LogP contribution in [0, 0.1) is 6.92 Å². The van der Waals surface area contributed by atoms with E-state index in [9.17, 15) is 8.42 Å². The number of hydrogen-bond donors (Lipinski definition) is 0. The number of ether oxygens (including phenoxy) is 2. The van der Waals surface area contributed by atoms with Gasteiger partial charge in [-0.3, -0.25) is 0 Å². The van der Waals surface area contributed by atoms with Gasteiger partial charge in [-0.2, -0.15) is 5.10 Å². The molecule has 0 amide bonds. The fraction of sp³-hybridized carbons (Fsp3) is 0.435. The molecular weight excluding hydrogens is 414 g/mol. The summed E-state index contributed by atoms with van der Waals surface area (Å²) in [5.41, 5.74) is 3.76. The Bertz CT molecular complexity index is 1140. The topological polar surface area (TPSA) is 71.4 Å². The molecule has 1 atom stereocenters. The maximum Gasteiger partial charge on any atom is 0.211 e. The van der Waals surface area contributed by atoms with E-state index in [0.29, 0.717) is 25.9 Å². The van der Waals surface area contributed by atoms with Crippen LogP contribution in [-0.4, -0.2) is 55.6 Å². The standard InChI is InChI=1S/C23H27N3O4S/c1-16-4-9-22-19(14-16)21-15-20(17-5-7-18(29-2)8-6-17)24-26(21)23(30-22)10-12-25(13-11-23)31(3,27)28/h4-9,14,21H,10-13,15H2,1-3H3/t21-/m1/s1. The molecule has 2 aromatic carbocycles. The molecule has 1 saturated heterocycles. The SMILES string of the molecule is COc1ccc(C2=NN3[C@H](C2)c2cc(C)ccc2OC32CCN(S(C)(=O)=O)CC2)cc1. The fourth-order valence-corrected chi connectivity index (χ4v) is 5.70. The van der Waals surface area contributed by atoms with Crippen LogP contribution in [0.2, 0.25) is 0 Å². The van der Waals surface area contributed by atoms with Crippen LogP contribution in [0.25, 0.3) is 0 Å². The Labute approximate surface area is 183 Å². The molecule has 0 aliphatic carbocycles. The van der Waals surface area contributed by atoms with E-state index in [0.717, 1.165) is 34.8 Å². The van der Waals surface area contributed by atoms with Crippen molar-refractivity contribution < 1.29 is 17.9 Å². The van der Waals surface area contributed by atoms with Gasteiger partial charge in [-0.15, -0.1) is 0 Å². The van der Waals surface area contributed by atoms with Crippen molar-refractivity contribution in [2.24, 2.45) is 5.10 Å². The lowest BCUT2D eigenvalue weighted by atomic mass is 9.90. The minimum absolute atomic E-state index is 0.0746. The van der Waals surface area contributed by atoms with Gasteiger partial charge in [0, 0.05) is 37.9 Å². The minimum atomic E-state index is -3.22. The number of aryl methyl sites for hydroxylation is 1. The monoisotopic (exact) mass is 441 g/mol. The summed E-state index contributed by atoms with van der Waals surface area (Å²) in [5, 5.41) is 7.15. The number of hydrazone groups is 1. The van der Waals surface area contributed by atoms with Crippen LogP contribution < -0.4 is 9.47 Å². The predicted octanol–water partition coefficient (Wildman–Crippen LogP) is 3.30. The van der Waals surface area contributed by atoms with Crippen LogP contribution in [0.5, 0.6) is 11.5 Å². The van der Waals surface area contributed by atoms with Crippen molar-refractivity contribution in [2.45, 2.75) is 38.0 Å². The summed E-state index contributed by atoms with van der Waals surface area (Å²) in [4.78, 5) is 0. The van der Waals surface area contributed by atoms with E-state index in [1.54, 1.807) is 7.11 Å². The number of benzene rings is 2. The third kappa shape index (κ3) is 3.47. The van der Waals surface area contributed by atoms with E-state index in [1.165, 1.54) is 16.1 Å². The van der Waals surface area contributed by atoms with Gasteiger partial charge in [0.05, 0.1) is 25.1 Å². The highest BCUT2D eigenvalue weighted by Crippen LogP contribution is 2.50. The number of piperidine rings is 1. The zero-order valence-corrected chi connectivity index (χ0v) is 18.9. The predicted molar refractivity (Wildman–Crippen MR) is 119 cm³/mol. The van der Waals surface area contributed by atoms with E-state index in [4.69, 9.17) is 14.6 Å². The van der Waals surface area contributed by atoms with E-state index < -0.39 is 15.7 Å². The van der Waals surface area contributed by atoms with E-state index in [2.05, 4.69) is 24.1 Å². The van der Waals surface area contributed by atoms with Gasteiger partial charge in [-0.05, 0) is 42.8 Å². The molecule has 1 spiro atoms. The second kappa shape index (κ2) is 7.24. The third-order valence-electron chi connectivity index (χ3n) is 6.55. The first-order chi connectivity index (χ1) is 14.8. The molecule has 3 aliphatic heterocycles. The van der Waals surface area contributed by atoms with Crippen molar-refractivity contribution in [3.8, 4) is 11.5 Å². The zero-order chi connectivity index (χ0) is 21.8. The Kier molecular flexibility index (Phi) is 4.75. The first kappa shape index (κ1) is 20.3. The Morgan fingerprint density at radius 1 is 1.13 bits per heavy atom. The van der Waals surface area contributed by atoms with Crippen molar-refractivity contribution >= 4 is 15.7 Å². The third-order valence-corrected chi connectivity index (χ3v) is 7.85. The summed E-state index contributed by atoms with van der Waals surface area (Å²) in [6.07, 6.45) is 3.19. The first-order valence-electron chi connectivity index (χ1n) is 10.5. The highest BCUT2D eigenvalue weighted by molar-refractivity contribution is 7.88.